The second kappa shape index (κ2) is 16.1. The van der Waals surface area contributed by atoms with Gasteiger partial charge in [0.15, 0.2) is 0 Å². The number of nitrogens with zero attached hydrogens (tertiary/aromatic N) is 2. The smallest absolute Gasteiger partial charge is 0.264 e. The van der Waals surface area contributed by atoms with Crippen LogP contribution in [0.1, 0.15) is 37.5 Å². The Morgan fingerprint density at radius 2 is 1.43 bits per heavy atom. The third-order valence-corrected chi connectivity index (χ3v) is 9.47. The Bertz CT molecular complexity index is 1680. The Balaban J connectivity index is 1.80. The maximum atomic E-state index is 14.6. The molecule has 4 aromatic rings. The summed E-state index contributed by atoms with van der Waals surface area (Å²) in [4.78, 5) is 30.0. The zero-order chi connectivity index (χ0) is 33.1. The molecule has 1 N–H and O–H groups in total. The second-order valence-corrected chi connectivity index (χ2v) is 13.4. The summed E-state index contributed by atoms with van der Waals surface area (Å²) in [6, 6.07) is 31.1. The Morgan fingerprint density at radius 3 is 2.04 bits per heavy atom. The lowest BCUT2D eigenvalue weighted by Crippen LogP contribution is -2.53. The largest absolute Gasteiger partial charge is 0.497 e. The SMILES string of the molecule is CCc1ccc(N(CC(=O)N(Cc2cccc(OC)c2)C(Cc2ccccc2)C(=O)NCC(C)C)S(=O)(=O)c2ccccc2)cc1. The lowest BCUT2D eigenvalue weighted by Gasteiger charge is -2.34. The van der Waals surface area contributed by atoms with Crippen LogP contribution in [0.2, 0.25) is 0 Å². The van der Waals surface area contributed by atoms with Crippen LogP contribution in [0.5, 0.6) is 5.75 Å². The van der Waals surface area contributed by atoms with Gasteiger partial charge >= 0.3 is 0 Å². The van der Waals surface area contributed by atoms with Gasteiger partial charge in [-0.2, -0.15) is 0 Å². The van der Waals surface area contributed by atoms with Crippen molar-refractivity contribution in [3.8, 4) is 5.75 Å². The number of hydrogen-bond donors (Lipinski definition) is 1. The average molecular weight is 642 g/mol. The van der Waals surface area contributed by atoms with E-state index in [0.29, 0.717) is 18.0 Å². The molecule has 1 unspecified atom stereocenters. The first-order chi connectivity index (χ1) is 22.1. The fraction of sp³-hybridized carbons (Fsp3) is 0.297. The summed E-state index contributed by atoms with van der Waals surface area (Å²) in [6.45, 7) is 6.02. The lowest BCUT2D eigenvalue weighted by molar-refractivity contribution is -0.140. The van der Waals surface area contributed by atoms with Crippen molar-refractivity contribution < 1.29 is 22.7 Å². The van der Waals surface area contributed by atoms with E-state index < -0.39 is 28.5 Å². The number of anilines is 1. The molecule has 242 valence electrons. The molecule has 4 aromatic carbocycles. The summed E-state index contributed by atoms with van der Waals surface area (Å²) in [6.07, 6.45) is 1.03. The molecule has 0 saturated carbocycles. The molecule has 0 spiro atoms. The zero-order valence-electron chi connectivity index (χ0n) is 26.9. The van der Waals surface area contributed by atoms with Crippen molar-refractivity contribution in [2.45, 2.75) is 51.1 Å². The minimum Gasteiger partial charge on any atom is -0.497 e. The minimum atomic E-state index is -4.15. The van der Waals surface area contributed by atoms with Gasteiger partial charge in [0.1, 0.15) is 18.3 Å². The van der Waals surface area contributed by atoms with E-state index in [9.17, 15) is 18.0 Å². The highest BCUT2D eigenvalue weighted by Crippen LogP contribution is 2.26. The van der Waals surface area contributed by atoms with Crippen molar-refractivity contribution in [3.63, 3.8) is 0 Å². The number of carbonyl (C=O) groups is 2. The van der Waals surface area contributed by atoms with Crippen LogP contribution in [0, 0.1) is 5.92 Å². The maximum absolute atomic E-state index is 14.6. The van der Waals surface area contributed by atoms with Crippen molar-refractivity contribution in [1.82, 2.24) is 10.2 Å². The van der Waals surface area contributed by atoms with E-state index >= 15 is 0 Å². The fourth-order valence-electron chi connectivity index (χ4n) is 5.09. The molecule has 0 aliphatic carbocycles. The minimum absolute atomic E-state index is 0.0661. The molecule has 0 fully saturated rings. The number of sulfonamides is 1. The van der Waals surface area contributed by atoms with Gasteiger partial charge in [-0.05, 0) is 65.4 Å². The number of amides is 2. The van der Waals surface area contributed by atoms with Crippen LogP contribution in [-0.4, -0.2) is 51.4 Å². The van der Waals surface area contributed by atoms with E-state index in [1.807, 2.05) is 81.4 Å². The van der Waals surface area contributed by atoms with Crippen molar-refractivity contribution in [2.24, 2.45) is 5.92 Å². The van der Waals surface area contributed by atoms with Crippen molar-refractivity contribution >= 4 is 27.5 Å². The summed E-state index contributed by atoms with van der Waals surface area (Å²) >= 11 is 0. The van der Waals surface area contributed by atoms with E-state index in [4.69, 9.17) is 4.74 Å². The maximum Gasteiger partial charge on any atom is 0.264 e. The normalized spacial score (nSPS) is 11.9. The Kier molecular flexibility index (Phi) is 12.0. The predicted molar refractivity (Wildman–Crippen MR) is 182 cm³/mol. The van der Waals surface area contributed by atoms with Gasteiger partial charge in [-0.25, -0.2) is 8.42 Å². The molecule has 8 nitrogen and oxygen atoms in total. The van der Waals surface area contributed by atoms with Crippen LogP contribution in [0.15, 0.2) is 114 Å². The van der Waals surface area contributed by atoms with Gasteiger partial charge in [0, 0.05) is 19.5 Å². The molecule has 0 heterocycles. The van der Waals surface area contributed by atoms with Crippen LogP contribution >= 0.6 is 0 Å². The first kappa shape index (κ1) is 34.2. The summed E-state index contributed by atoms with van der Waals surface area (Å²) < 4.78 is 34.8. The first-order valence-corrected chi connectivity index (χ1v) is 17.0. The van der Waals surface area contributed by atoms with E-state index in [2.05, 4.69) is 5.32 Å². The molecule has 0 aromatic heterocycles. The molecule has 4 rings (SSSR count). The highest BCUT2D eigenvalue weighted by atomic mass is 32.2. The Hall–Kier alpha value is -4.63. The molecular weight excluding hydrogens is 598 g/mol. The standard InChI is InChI=1S/C37H43N3O5S/c1-5-29-19-21-32(22-20-29)40(46(43,44)34-17-10-7-11-18-34)27-36(41)39(26-31-15-12-16-33(23-31)45-4)35(37(42)38-25-28(2)3)24-30-13-8-6-9-14-30/h6-23,28,35H,5,24-27H2,1-4H3,(H,38,42). The molecular formula is C37H43N3O5S. The molecule has 0 bridgehead atoms. The van der Waals surface area contributed by atoms with E-state index in [1.54, 1.807) is 43.5 Å². The van der Waals surface area contributed by atoms with Gasteiger partial charge in [-0.15, -0.1) is 0 Å². The van der Waals surface area contributed by atoms with Crippen molar-refractivity contribution in [1.29, 1.82) is 0 Å². The predicted octanol–water partition coefficient (Wildman–Crippen LogP) is 5.87. The highest BCUT2D eigenvalue weighted by Gasteiger charge is 2.34. The topological polar surface area (TPSA) is 96.0 Å². The molecule has 0 radical (unpaired) electrons. The molecule has 9 heteroatoms. The van der Waals surface area contributed by atoms with Crippen molar-refractivity contribution in [2.75, 3.05) is 24.5 Å². The summed E-state index contributed by atoms with van der Waals surface area (Å²) in [5.41, 5.74) is 3.02. The molecule has 0 aliphatic rings. The van der Waals surface area contributed by atoms with Gasteiger partial charge < -0.3 is 15.0 Å². The van der Waals surface area contributed by atoms with E-state index in [-0.39, 0.29) is 29.7 Å². The molecule has 1 atom stereocenters. The van der Waals surface area contributed by atoms with Crippen LogP contribution in [0.25, 0.3) is 0 Å². The van der Waals surface area contributed by atoms with E-state index in [0.717, 1.165) is 27.4 Å². The number of carbonyl (C=O) groups excluding carboxylic acids is 2. The van der Waals surface area contributed by atoms with Crippen LogP contribution < -0.4 is 14.4 Å². The number of benzene rings is 4. The molecule has 0 saturated heterocycles. The first-order valence-electron chi connectivity index (χ1n) is 15.5. The summed E-state index contributed by atoms with van der Waals surface area (Å²) in [5.74, 6) is -0.0133. The van der Waals surface area contributed by atoms with Gasteiger partial charge in [0.2, 0.25) is 11.8 Å². The van der Waals surface area contributed by atoms with Gasteiger partial charge in [-0.3, -0.25) is 13.9 Å². The number of ether oxygens (including phenoxy) is 1. The van der Waals surface area contributed by atoms with Gasteiger partial charge in [-0.1, -0.05) is 93.6 Å². The lowest BCUT2D eigenvalue weighted by atomic mass is 10.0. The second-order valence-electron chi connectivity index (χ2n) is 11.6. The number of methoxy groups -OCH3 is 1. The van der Waals surface area contributed by atoms with Gasteiger partial charge in [0.25, 0.3) is 10.0 Å². The number of aryl methyl sites for hydroxylation is 1. The summed E-state index contributed by atoms with van der Waals surface area (Å²) in [5, 5.41) is 3.01. The molecule has 0 aliphatic heterocycles. The third-order valence-electron chi connectivity index (χ3n) is 7.69. The highest BCUT2D eigenvalue weighted by molar-refractivity contribution is 7.92. The van der Waals surface area contributed by atoms with Crippen LogP contribution in [0.4, 0.5) is 5.69 Å². The number of nitrogens with one attached hydrogen (secondary N) is 1. The quantitative estimate of drug-likeness (QED) is 0.175. The fourth-order valence-corrected chi connectivity index (χ4v) is 6.53. The van der Waals surface area contributed by atoms with Gasteiger partial charge in [0.05, 0.1) is 17.7 Å². The van der Waals surface area contributed by atoms with Crippen molar-refractivity contribution in [3.05, 3.63) is 126 Å². The number of rotatable bonds is 15. The third kappa shape index (κ3) is 8.97. The Morgan fingerprint density at radius 1 is 0.804 bits per heavy atom. The average Bonchev–Trinajstić information content (AvgIpc) is 3.08. The molecule has 46 heavy (non-hydrogen) atoms. The zero-order valence-corrected chi connectivity index (χ0v) is 27.7. The van der Waals surface area contributed by atoms with Crippen LogP contribution in [0.3, 0.4) is 0 Å². The summed E-state index contributed by atoms with van der Waals surface area (Å²) in [7, 11) is -2.58. The molecule has 2 amide bonds. The number of hydrogen-bond acceptors (Lipinski definition) is 5. The van der Waals surface area contributed by atoms with Crippen LogP contribution in [-0.2, 0) is 39.0 Å². The monoisotopic (exact) mass is 641 g/mol. The van der Waals surface area contributed by atoms with E-state index in [1.165, 1.54) is 17.0 Å². The Labute approximate surface area is 273 Å².